The van der Waals surface area contributed by atoms with E-state index in [1.165, 1.54) is 0 Å². The summed E-state index contributed by atoms with van der Waals surface area (Å²) in [4.78, 5) is 53.8. The standard InChI is InChI=1S/C30H49N3O6/c1-11-38-24(34)17-18-31-27(35)26(25-20(4)13-12-14-21(25)5)33(22(6)16-15-19(2)3)28(36)23(7)32-29(37)39-30(8,9)10/h12-14,19,22-23,26H,11,15-18H2,1-10H3,(H,31,35)(H,32,37). The second-order valence-electron chi connectivity index (χ2n) is 11.5. The van der Waals surface area contributed by atoms with Crippen molar-refractivity contribution in [1.29, 1.82) is 0 Å². The Kier molecular flexibility index (Phi) is 13.5. The van der Waals surface area contributed by atoms with E-state index in [0.29, 0.717) is 12.3 Å². The minimum absolute atomic E-state index is 0.0203. The Morgan fingerprint density at radius 3 is 2.08 bits per heavy atom. The van der Waals surface area contributed by atoms with Gasteiger partial charge in [0.25, 0.3) is 0 Å². The summed E-state index contributed by atoms with van der Waals surface area (Å²) >= 11 is 0. The van der Waals surface area contributed by atoms with E-state index in [2.05, 4.69) is 24.5 Å². The minimum Gasteiger partial charge on any atom is -0.466 e. The maximum absolute atomic E-state index is 14.0. The van der Waals surface area contributed by atoms with E-state index in [0.717, 1.165) is 23.1 Å². The lowest BCUT2D eigenvalue weighted by Gasteiger charge is -2.39. The summed E-state index contributed by atoms with van der Waals surface area (Å²) in [6.45, 7) is 18.8. The van der Waals surface area contributed by atoms with Crippen molar-refractivity contribution in [2.24, 2.45) is 5.92 Å². The molecule has 3 amide bonds. The number of benzene rings is 1. The molecule has 0 aliphatic carbocycles. The van der Waals surface area contributed by atoms with Crippen LogP contribution >= 0.6 is 0 Å². The molecule has 0 saturated heterocycles. The third kappa shape index (κ3) is 11.3. The normalized spacial score (nSPS) is 13.7. The Balaban J connectivity index is 3.49. The Morgan fingerprint density at radius 2 is 1.56 bits per heavy atom. The minimum atomic E-state index is -0.967. The molecule has 9 nitrogen and oxygen atoms in total. The smallest absolute Gasteiger partial charge is 0.408 e. The van der Waals surface area contributed by atoms with Crippen molar-refractivity contribution >= 4 is 23.9 Å². The summed E-state index contributed by atoms with van der Waals surface area (Å²) in [6.07, 6.45) is 0.829. The van der Waals surface area contributed by atoms with Gasteiger partial charge in [-0.3, -0.25) is 14.4 Å². The first-order valence-corrected chi connectivity index (χ1v) is 13.9. The summed E-state index contributed by atoms with van der Waals surface area (Å²) in [7, 11) is 0. The van der Waals surface area contributed by atoms with Crippen LogP contribution in [0.1, 0.15) is 97.4 Å². The topological polar surface area (TPSA) is 114 Å². The predicted molar refractivity (Wildman–Crippen MR) is 152 cm³/mol. The lowest BCUT2D eigenvalue weighted by atomic mass is 9.91. The van der Waals surface area contributed by atoms with Gasteiger partial charge in [-0.1, -0.05) is 32.0 Å². The highest BCUT2D eigenvalue weighted by Gasteiger charge is 2.38. The molecule has 3 unspecified atom stereocenters. The molecule has 9 heteroatoms. The van der Waals surface area contributed by atoms with E-state index in [4.69, 9.17) is 9.47 Å². The summed E-state index contributed by atoms with van der Waals surface area (Å²) in [5.74, 6) is -0.801. The van der Waals surface area contributed by atoms with Crippen LogP contribution in [0.2, 0.25) is 0 Å². The molecule has 220 valence electrons. The van der Waals surface area contributed by atoms with Crippen molar-refractivity contribution in [3.05, 3.63) is 34.9 Å². The van der Waals surface area contributed by atoms with Gasteiger partial charge in [-0.05, 0) is 90.8 Å². The van der Waals surface area contributed by atoms with Crippen molar-refractivity contribution in [1.82, 2.24) is 15.5 Å². The van der Waals surface area contributed by atoms with Crippen LogP contribution in [-0.2, 0) is 23.9 Å². The fraction of sp³-hybridized carbons (Fsp3) is 0.667. The Labute approximate surface area is 234 Å². The van der Waals surface area contributed by atoms with Crippen LogP contribution < -0.4 is 10.6 Å². The molecule has 39 heavy (non-hydrogen) atoms. The van der Waals surface area contributed by atoms with Crippen molar-refractivity contribution in [2.75, 3.05) is 13.2 Å². The molecule has 0 saturated carbocycles. The number of ether oxygens (including phenoxy) is 2. The number of nitrogens with zero attached hydrogens (tertiary/aromatic N) is 1. The number of hydrogen-bond donors (Lipinski definition) is 2. The van der Waals surface area contributed by atoms with Crippen molar-refractivity contribution in [2.45, 2.75) is 112 Å². The van der Waals surface area contributed by atoms with Crippen LogP contribution in [0.15, 0.2) is 18.2 Å². The van der Waals surface area contributed by atoms with E-state index < -0.39 is 41.6 Å². The maximum atomic E-state index is 14.0. The number of aryl methyl sites for hydroxylation is 2. The Hall–Kier alpha value is -3.10. The predicted octanol–water partition coefficient (Wildman–Crippen LogP) is 4.98. The molecular formula is C30H49N3O6. The molecule has 2 N–H and O–H groups in total. The van der Waals surface area contributed by atoms with Crippen LogP contribution in [0, 0.1) is 19.8 Å². The second-order valence-corrected chi connectivity index (χ2v) is 11.5. The molecule has 0 aromatic heterocycles. The SMILES string of the molecule is CCOC(=O)CCNC(=O)C(c1c(C)cccc1C)N(C(=O)C(C)NC(=O)OC(C)(C)C)C(C)CCC(C)C. The van der Waals surface area contributed by atoms with Gasteiger partial charge < -0.3 is 25.0 Å². The van der Waals surface area contributed by atoms with Crippen LogP contribution in [0.3, 0.4) is 0 Å². The van der Waals surface area contributed by atoms with Gasteiger partial charge in [-0.25, -0.2) is 4.79 Å². The molecule has 0 radical (unpaired) electrons. The fourth-order valence-electron chi connectivity index (χ4n) is 4.35. The number of carbonyl (C=O) groups excluding carboxylic acids is 4. The zero-order valence-electron chi connectivity index (χ0n) is 25.5. The van der Waals surface area contributed by atoms with Gasteiger partial charge in [-0.15, -0.1) is 0 Å². The van der Waals surface area contributed by atoms with Crippen LogP contribution in [0.25, 0.3) is 0 Å². The summed E-state index contributed by atoms with van der Waals surface area (Å²) < 4.78 is 10.3. The largest absolute Gasteiger partial charge is 0.466 e. The van der Waals surface area contributed by atoms with E-state index in [1.807, 2.05) is 39.0 Å². The van der Waals surface area contributed by atoms with E-state index in [9.17, 15) is 19.2 Å². The van der Waals surface area contributed by atoms with E-state index in [-0.39, 0.29) is 25.6 Å². The zero-order chi connectivity index (χ0) is 29.9. The highest BCUT2D eigenvalue weighted by atomic mass is 16.6. The van der Waals surface area contributed by atoms with Crippen LogP contribution in [0.5, 0.6) is 0 Å². The number of carbonyl (C=O) groups is 4. The number of nitrogens with one attached hydrogen (secondary N) is 2. The third-order valence-electron chi connectivity index (χ3n) is 6.27. The van der Waals surface area contributed by atoms with Gasteiger partial charge in [0.2, 0.25) is 11.8 Å². The third-order valence-corrected chi connectivity index (χ3v) is 6.27. The summed E-state index contributed by atoms with van der Waals surface area (Å²) in [5.41, 5.74) is 1.72. The first-order valence-electron chi connectivity index (χ1n) is 13.9. The summed E-state index contributed by atoms with van der Waals surface area (Å²) in [5, 5.41) is 5.48. The molecule has 0 spiro atoms. The summed E-state index contributed by atoms with van der Waals surface area (Å²) in [6, 6.07) is 3.50. The highest BCUT2D eigenvalue weighted by molar-refractivity contribution is 5.92. The molecule has 0 aliphatic heterocycles. The fourth-order valence-corrected chi connectivity index (χ4v) is 4.35. The van der Waals surface area contributed by atoms with E-state index >= 15 is 0 Å². The molecule has 1 aromatic carbocycles. The van der Waals surface area contributed by atoms with E-state index in [1.54, 1.807) is 39.5 Å². The quantitative estimate of drug-likeness (QED) is 0.337. The van der Waals surface area contributed by atoms with Gasteiger partial charge >= 0.3 is 12.1 Å². The van der Waals surface area contributed by atoms with Gasteiger partial charge in [0.1, 0.15) is 17.7 Å². The average molecular weight is 548 g/mol. The number of amides is 3. The van der Waals surface area contributed by atoms with Gasteiger partial charge in [-0.2, -0.15) is 0 Å². The molecule has 0 fully saturated rings. The first-order chi connectivity index (χ1) is 18.1. The van der Waals surface area contributed by atoms with Gasteiger partial charge in [0, 0.05) is 12.6 Å². The van der Waals surface area contributed by atoms with Gasteiger partial charge in [0.15, 0.2) is 0 Å². The Morgan fingerprint density at radius 1 is 0.974 bits per heavy atom. The lowest BCUT2D eigenvalue weighted by molar-refractivity contribution is -0.146. The van der Waals surface area contributed by atoms with Crippen molar-refractivity contribution in [3.63, 3.8) is 0 Å². The van der Waals surface area contributed by atoms with Crippen molar-refractivity contribution < 1.29 is 28.7 Å². The van der Waals surface area contributed by atoms with Crippen molar-refractivity contribution in [3.8, 4) is 0 Å². The number of esters is 1. The molecule has 0 heterocycles. The number of alkyl carbamates (subject to hydrolysis) is 1. The van der Waals surface area contributed by atoms with Crippen LogP contribution in [0.4, 0.5) is 4.79 Å². The highest BCUT2D eigenvalue weighted by Crippen LogP contribution is 2.31. The average Bonchev–Trinajstić information content (AvgIpc) is 2.80. The molecule has 1 aromatic rings. The molecule has 3 atom stereocenters. The second kappa shape index (κ2) is 15.5. The molecule has 0 aliphatic rings. The zero-order valence-corrected chi connectivity index (χ0v) is 25.5. The lowest BCUT2D eigenvalue weighted by Crippen LogP contribution is -2.55. The molecule has 0 bridgehead atoms. The molecular weight excluding hydrogens is 498 g/mol. The number of rotatable bonds is 13. The number of hydrogen-bond acceptors (Lipinski definition) is 6. The maximum Gasteiger partial charge on any atom is 0.408 e. The van der Waals surface area contributed by atoms with Crippen LogP contribution in [-0.4, -0.2) is 59.6 Å². The molecule has 1 rings (SSSR count). The van der Waals surface area contributed by atoms with Gasteiger partial charge in [0.05, 0.1) is 13.0 Å². The first kappa shape index (κ1) is 33.9. The monoisotopic (exact) mass is 547 g/mol. The Bertz CT molecular complexity index is 965.